The molecule has 0 radical (unpaired) electrons. The lowest BCUT2D eigenvalue weighted by molar-refractivity contribution is 0.100. The molecule has 40 heavy (non-hydrogen) atoms. The smallest absolute Gasteiger partial charge is 0.256 e. The molecule has 0 aliphatic carbocycles. The first-order chi connectivity index (χ1) is 19.1. The summed E-state index contributed by atoms with van der Waals surface area (Å²) in [6.07, 6.45) is 3.37. The Kier molecular flexibility index (Phi) is 8.89. The quantitative estimate of drug-likeness (QED) is 0.295. The second-order valence-corrected chi connectivity index (χ2v) is 10.1. The Morgan fingerprint density at radius 1 is 0.975 bits per heavy atom. The minimum atomic E-state index is -0.894. The van der Waals surface area contributed by atoms with E-state index in [-0.39, 0.29) is 11.6 Å². The van der Waals surface area contributed by atoms with Crippen molar-refractivity contribution < 1.29 is 13.6 Å². The van der Waals surface area contributed by atoms with E-state index in [2.05, 4.69) is 16.8 Å². The molecule has 2 heterocycles. The number of hydrogen-bond donors (Lipinski definition) is 1. The van der Waals surface area contributed by atoms with Gasteiger partial charge in [-0.3, -0.25) is 14.2 Å². The highest BCUT2D eigenvalue weighted by Crippen LogP contribution is 2.33. The van der Waals surface area contributed by atoms with Crippen LogP contribution < -0.4 is 16.2 Å². The number of primary amides is 1. The van der Waals surface area contributed by atoms with Crippen LogP contribution in [0.2, 0.25) is 0 Å². The van der Waals surface area contributed by atoms with Gasteiger partial charge in [-0.15, -0.1) is 0 Å². The zero-order valence-corrected chi connectivity index (χ0v) is 23.2. The van der Waals surface area contributed by atoms with Crippen LogP contribution in [0.3, 0.4) is 0 Å². The summed E-state index contributed by atoms with van der Waals surface area (Å²) in [6, 6.07) is 11.4. The molecule has 210 valence electrons. The zero-order valence-electron chi connectivity index (χ0n) is 23.2. The third-order valence-corrected chi connectivity index (χ3v) is 6.79. The van der Waals surface area contributed by atoms with Crippen LogP contribution in [0, 0.1) is 11.6 Å². The minimum absolute atomic E-state index is 0.0573. The number of nitrogens with zero attached hydrogens (tertiary/aromatic N) is 5. The highest BCUT2D eigenvalue weighted by molar-refractivity contribution is 5.97. The van der Waals surface area contributed by atoms with Crippen molar-refractivity contribution in [3.63, 3.8) is 0 Å². The van der Waals surface area contributed by atoms with E-state index in [0.717, 1.165) is 48.1 Å². The fourth-order valence-corrected chi connectivity index (χ4v) is 4.66. The number of hydrogen-bond acceptors (Lipinski definition) is 6. The number of aromatic nitrogens is 3. The Balaban J connectivity index is 2.06. The van der Waals surface area contributed by atoms with Crippen molar-refractivity contribution in [2.75, 3.05) is 39.1 Å². The molecule has 0 unspecified atom stereocenters. The van der Waals surface area contributed by atoms with Crippen molar-refractivity contribution in [3.8, 4) is 16.9 Å². The molecule has 4 rings (SSSR count). The van der Waals surface area contributed by atoms with Crippen LogP contribution in [-0.4, -0.2) is 59.6 Å². The standard InChI is InChI=1S/C30H34F2N6O2/c1-5-6-9-19-12-13-20(28(33)40)18-22(19)26-21-14-15-25(39)38(27-23(31)10-7-11-24(27)32)29(21)35-30(34-26)37(4)17-8-16-36(2)3/h7,10-15,18H,5-6,8-9,16-17H2,1-4H3,(H2,33,40). The van der Waals surface area contributed by atoms with Crippen LogP contribution in [0.1, 0.15) is 42.1 Å². The molecular weight excluding hydrogens is 514 g/mol. The summed E-state index contributed by atoms with van der Waals surface area (Å²) in [7, 11) is 5.79. The fraction of sp³-hybridized carbons (Fsp3) is 0.333. The number of halogens is 2. The largest absolute Gasteiger partial charge is 0.366 e. The summed E-state index contributed by atoms with van der Waals surface area (Å²) >= 11 is 0. The molecule has 0 saturated heterocycles. The van der Waals surface area contributed by atoms with Crippen LogP contribution in [0.5, 0.6) is 0 Å². The summed E-state index contributed by atoms with van der Waals surface area (Å²) < 4.78 is 31.0. The number of rotatable bonds is 11. The third-order valence-electron chi connectivity index (χ3n) is 6.79. The van der Waals surface area contributed by atoms with Gasteiger partial charge in [0.2, 0.25) is 11.9 Å². The van der Waals surface area contributed by atoms with Gasteiger partial charge in [0.15, 0.2) is 5.65 Å². The molecule has 10 heteroatoms. The lowest BCUT2D eigenvalue weighted by atomic mass is 9.95. The Morgan fingerprint density at radius 2 is 1.70 bits per heavy atom. The van der Waals surface area contributed by atoms with Crippen LogP contribution in [0.25, 0.3) is 28.0 Å². The number of nitrogens with two attached hydrogens (primary N) is 1. The molecule has 2 N–H and O–H groups in total. The molecule has 1 amide bonds. The predicted molar refractivity (Wildman–Crippen MR) is 154 cm³/mol. The van der Waals surface area contributed by atoms with E-state index in [1.165, 1.54) is 12.1 Å². The summed E-state index contributed by atoms with van der Waals surface area (Å²) in [6.45, 7) is 3.51. The van der Waals surface area contributed by atoms with Gasteiger partial charge in [0, 0.05) is 36.2 Å². The van der Waals surface area contributed by atoms with Gasteiger partial charge in [-0.25, -0.2) is 13.8 Å². The summed E-state index contributed by atoms with van der Waals surface area (Å²) in [5.74, 6) is -2.10. The molecule has 8 nitrogen and oxygen atoms in total. The van der Waals surface area contributed by atoms with Gasteiger partial charge in [0.1, 0.15) is 17.3 Å². The van der Waals surface area contributed by atoms with E-state index in [1.807, 2.05) is 32.1 Å². The Hall–Kier alpha value is -4.18. The molecule has 0 bridgehead atoms. The first kappa shape index (κ1) is 28.8. The normalized spacial score (nSPS) is 11.4. The maximum absolute atomic E-state index is 15.0. The van der Waals surface area contributed by atoms with E-state index in [4.69, 9.17) is 10.7 Å². The minimum Gasteiger partial charge on any atom is -0.366 e. The van der Waals surface area contributed by atoms with Crippen LogP contribution in [0.15, 0.2) is 53.3 Å². The molecule has 0 saturated carbocycles. The van der Waals surface area contributed by atoms with Crippen LogP contribution in [-0.2, 0) is 6.42 Å². The molecule has 2 aromatic heterocycles. The number of anilines is 1. The lowest BCUT2D eigenvalue weighted by Crippen LogP contribution is -2.26. The first-order valence-electron chi connectivity index (χ1n) is 13.3. The monoisotopic (exact) mass is 548 g/mol. The van der Waals surface area contributed by atoms with E-state index in [9.17, 15) is 9.59 Å². The topological polar surface area (TPSA) is 97.4 Å². The fourth-order valence-electron chi connectivity index (χ4n) is 4.66. The van der Waals surface area contributed by atoms with Gasteiger partial charge < -0.3 is 15.5 Å². The molecule has 0 spiro atoms. The Labute approximate surface area is 232 Å². The summed E-state index contributed by atoms with van der Waals surface area (Å²) in [4.78, 5) is 38.8. The predicted octanol–water partition coefficient (Wildman–Crippen LogP) is 4.56. The van der Waals surface area contributed by atoms with E-state index in [1.54, 1.807) is 18.2 Å². The second-order valence-electron chi connectivity index (χ2n) is 10.1. The van der Waals surface area contributed by atoms with Gasteiger partial charge in [0.25, 0.3) is 5.56 Å². The second kappa shape index (κ2) is 12.3. The Bertz CT molecular complexity index is 1580. The lowest BCUT2D eigenvalue weighted by Gasteiger charge is -2.22. The van der Waals surface area contributed by atoms with E-state index in [0.29, 0.717) is 35.2 Å². The molecule has 4 aromatic rings. The number of carbonyl (C=O) groups is 1. The molecule has 2 aromatic carbocycles. The molecule has 0 aliphatic heterocycles. The molecule has 0 fully saturated rings. The molecule has 0 atom stereocenters. The number of fused-ring (bicyclic) bond motifs is 1. The maximum Gasteiger partial charge on any atom is 0.256 e. The van der Waals surface area contributed by atoms with Gasteiger partial charge in [-0.2, -0.15) is 4.98 Å². The van der Waals surface area contributed by atoms with Crippen molar-refractivity contribution in [1.82, 2.24) is 19.4 Å². The third kappa shape index (κ3) is 6.02. The van der Waals surface area contributed by atoms with Crippen molar-refractivity contribution in [2.24, 2.45) is 5.73 Å². The van der Waals surface area contributed by atoms with Crippen molar-refractivity contribution >= 4 is 22.9 Å². The van der Waals surface area contributed by atoms with Crippen LogP contribution in [0.4, 0.5) is 14.7 Å². The summed E-state index contributed by atoms with van der Waals surface area (Å²) in [5, 5.41) is 0.409. The van der Waals surface area contributed by atoms with Gasteiger partial charge in [-0.05, 0) is 75.8 Å². The number of aryl methyl sites for hydroxylation is 1. The highest BCUT2D eigenvalue weighted by atomic mass is 19.1. The van der Waals surface area contributed by atoms with E-state index >= 15 is 8.78 Å². The highest BCUT2D eigenvalue weighted by Gasteiger charge is 2.22. The zero-order chi connectivity index (χ0) is 29.0. The van der Waals surface area contributed by atoms with Gasteiger partial charge >= 0.3 is 0 Å². The maximum atomic E-state index is 15.0. The number of para-hydroxylation sites is 1. The van der Waals surface area contributed by atoms with Gasteiger partial charge in [0.05, 0.1) is 5.69 Å². The number of amides is 1. The number of benzene rings is 2. The average molecular weight is 549 g/mol. The van der Waals surface area contributed by atoms with Crippen molar-refractivity contribution in [1.29, 1.82) is 0 Å². The first-order valence-corrected chi connectivity index (χ1v) is 13.3. The van der Waals surface area contributed by atoms with Crippen LogP contribution >= 0.6 is 0 Å². The van der Waals surface area contributed by atoms with Crippen molar-refractivity contribution in [3.05, 3.63) is 81.6 Å². The van der Waals surface area contributed by atoms with E-state index < -0.39 is 28.8 Å². The molecular formula is C30H34F2N6O2. The van der Waals surface area contributed by atoms with Crippen molar-refractivity contribution in [2.45, 2.75) is 32.6 Å². The Morgan fingerprint density at radius 3 is 2.35 bits per heavy atom. The number of carbonyl (C=O) groups excluding carboxylic acids is 1. The van der Waals surface area contributed by atoms with Gasteiger partial charge in [-0.1, -0.05) is 25.5 Å². The summed E-state index contributed by atoms with van der Waals surface area (Å²) in [5.41, 5.74) is 6.86. The molecule has 0 aliphatic rings. The number of pyridine rings is 1. The number of unbranched alkanes of at least 4 members (excludes halogenated alkanes) is 1. The average Bonchev–Trinajstić information content (AvgIpc) is 2.91. The SMILES string of the molecule is CCCCc1ccc(C(N)=O)cc1-c1nc(N(C)CCCN(C)C)nc2c1ccc(=O)n2-c1c(F)cccc1F.